The van der Waals surface area contributed by atoms with Crippen molar-refractivity contribution in [3.63, 3.8) is 0 Å². The van der Waals surface area contributed by atoms with Crippen LogP contribution in [0, 0.1) is 29.9 Å². The molecular weight excluding hydrogens is 617 g/mol. The lowest BCUT2D eigenvalue weighted by Gasteiger charge is -2.70. The maximum absolute atomic E-state index is 13.9. The van der Waals surface area contributed by atoms with Gasteiger partial charge in [-0.1, -0.05) is 19.9 Å². The number of carbonyl (C=O) groups is 2. The van der Waals surface area contributed by atoms with Crippen molar-refractivity contribution in [3.8, 4) is 21.9 Å². The van der Waals surface area contributed by atoms with Gasteiger partial charge in [-0.3, -0.25) is 14.6 Å². The normalized spacial score (nSPS) is 20.6. The number of hydrogen-bond donors (Lipinski definition) is 2. The first-order valence-corrected chi connectivity index (χ1v) is 15.0. The molecule has 236 valence electrons. The van der Waals surface area contributed by atoms with E-state index in [4.69, 9.17) is 15.1 Å². The third-order valence-electron chi connectivity index (χ3n) is 8.51. The maximum Gasteiger partial charge on any atom is 0.394 e. The minimum atomic E-state index is -4.36. The Morgan fingerprint density at radius 2 is 1.78 bits per heavy atom. The molecule has 3 aliphatic carbocycles. The van der Waals surface area contributed by atoms with Gasteiger partial charge in [-0.25, -0.2) is 8.78 Å². The molecule has 0 radical (unpaired) electrons. The fourth-order valence-corrected chi connectivity index (χ4v) is 7.50. The molecule has 0 unspecified atom stereocenters. The standard InChI is InChI=1S/C31H28F5N5O3S/c1-14(2)8-19-22(26(37)42)23(20-6-7-21(45-20)27(43)38-10-16-4-5-17(32)18(33)9-16)24(28-41-40-15(3)44-28)25(39-19)29-11-30(12-29,13-29)31(34,35)36/h4-7,9,14H,8,10-13H2,1-3H3,(H2,37,42)(H,38,43). The molecule has 0 aliphatic heterocycles. The van der Waals surface area contributed by atoms with Gasteiger partial charge in [0, 0.05) is 29.3 Å². The van der Waals surface area contributed by atoms with E-state index in [1.807, 2.05) is 13.8 Å². The molecule has 14 heteroatoms. The Hall–Kier alpha value is -4.20. The number of hydrogen-bond acceptors (Lipinski definition) is 7. The second kappa shape index (κ2) is 10.7. The highest BCUT2D eigenvalue weighted by Gasteiger charge is 2.79. The molecule has 8 nitrogen and oxygen atoms in total. The zero-order chi connectivity index (χ0) is 32.5. The second-order valence-corrected chi connectivity index (χ2v) is 13.4. The van der Waals surface area contributed by atoms with E-state index in [9.17, 15) is 31.5 Å². The van der Waals surface area contributed by atoms with Crippen molar-refractivity contribution in [2.45, 2.75) is 64.6 Å². The number of thiophene rings is 1. The molecule has 7 rings (SSSR count). The van der Waals surface area contributed by atoms with E-state index in [-0.39, 0.29) is 65.1 Å². The van der Waals surface area contributed by atoms with E-state index < -0.39 is 40.5 Å². The summed E-state index contributed by atoms with van der Waals surface area (Å²) in [7, 11) is 0. The minimum absolute atomic E-state index is 0.0170. The number of alkyl halides is 3. The van der Waals surface area contributed by atoms with Crippen LogP contribution in [0.2, 0.25) is 0 Å². The number of amides is 2. The van der Waals surface area contributed by atoms with Crippen molar-refractivity contribution in [3.05, 3.63) is 75.2 Å². The molecular formula is C31H28F5N5O3S. The quantitative estimate of drug-likeness (QED) is 0.196. The lowest BCUT2D eigenvalue weighted by molar-refractivity contribution is -0.337. The number of aryl methyl sites for hydroxylation is 1. The summed E-state index contributed by atoms with van der Waals surface area (Å²) in [5.74, 6) is -3.18. The van der Waals surface area contributed by atoms with Crippen molar-refractivity contribution < 1.29 is 36.0 Å². The number of nitrogens with one attached hydrogen (secondary N) is 1. The molecule has 0 spiro atoms. The third-order valence-corrected chi connectivity index (χ3v) is 9.61. The van der Waals surface area contributed by atoms with Crippen LogP contribution in [0.5, 0.6) is 0 Å². The van der Waals surface area contributed by atoms with Gasteiger partial charge in [0.15, 0.2) is 11.6 Å². The summed E-state index contributed by atoms with van der Waals surface area (Å²) < 4.78 is 74.4. The van der Waals surface area contributed by atoms with E-state index in [0.717, 1.165) is 23.5 Å². The van der Waals surface area contributed by atoms with E-state index in [2.05, 4.69) is 15.5 Å². The molecule has 3 aliphatic rings. The van der Waals surface area contributed by atoms with Crippen LogP contribution in [0.1, 0.15) is 76.0 Å². The van der Waals surface area contributed by atoms with Gasteiger partial charge in [-0.15, -0.1) is 21.5 Å². The summed E-state index contributed by atoms with van der Waals surface area (Å²) in [6.45, 7) is 5.32. The number of benzene rings is 1. The molecule has 3 N–H and O–H groups in total. The van der Waals surface area contributed by atoms with Crippen LogP contribution < -0.4 is 11.1 Å². The van der Waals surface area contributed by atoms with Crippen LogP contribution >= 0.6 is 11.3 Å². The lowest BCUT2D eigenvalue weighted by atomic mass is 9.33. The predicted molar refractivity (Wildman–Crippen MR) is 154 cm³/mol. The van der Waals surface area contributed by atoms with Crippen molar-refractivity contribution in [2.75, 3.05) is 0 Å². The van der Waals surface area contributed by atoms with Crippen LogP contribution in [0.4, 0.5) is 22.0 Å². The highest BCUT2D eigenvalue weighted by molar-refractivity contribution is 7.17. The highest BCUT2D eigenvalue weighted by atomic mass is 32.1. The third kappa shape index (κ3) is 5.18. The Balaban J connectivity index is 1.47. The zero-order valence-corrected chi connectivity index (χ0v) is 25.3. The number of nitrogens with two attached hydrogens (primary N) is 1. The molecule has 1 aromatic carbocycles. The number of pyridine rings is 1. The fraction of sp³-hybridized carbons (Fsp3) is 0.387. The van der Waals surface area contributed by atoms with Crippen LogP contribution in [-0.2, 0) is 18.4 Å². The summed E-state index contributed by atoms with van der Waals surface area (Å²) in [6, 6.07) is 6.42. The summed E-state index contributed by atoms with van der Waals surface area (Å²) in [4.78, 5) is 31.7. The number of carbonyl (C=O) groups excluding carboxylic acids is 2. The molecule has 3 fully saturated rings. The molecule has 2 amide bonds. The number of nitrogens with zero attached hydrogens (tertiary/aromatic N) is 3. The van der Waals surface area contributed by atoms with E-state index in [1.165, 1.54) is 12.1 Å². The average Bonchev–Trinajstić information content (AvgIpc) is 3.55. The van der Waals surface area contributed by atoms with Gasteiger partial charge < -0.3 is 15.5 Å². The van der Waals surface area contributed by atoms with Gasteiger partial charge in [0.1, 0.15) is 0 Å². The first-order chi connectivity index (χ1) is 21.1. The molecule has 0 saturated heterocycles. The number of primary amides is 1. The summed E-state index contributed by atoms with van der Waals surface area (Å²) in [5, 5.41) is 10.7. The molecule has 3 aromatic heterocycles. The Bertz CT molecular complexity index is 1830. The topological polar surface area (TPSA) is 124 Å². The van der Waals surface area contributed by atoms with Gasteiger partial charge in [0.25, 0.3) is 11.8 Å². The van der Waals surface area contributed by atoms with Crippen LogP contribution in [-0.4, -0.2) is 33.2 Å². The second-order valence-electron chi connectivity index (χ2n) is 12.3. The maximum atomic E-state index is 13.9. The monoisotopic (exact) mass is 645 g/mol. The van der Waals surface area contributed by atoms with Gasteiger partial charge in [-0.05, 0) is 61.4 Å². The number of aromatic nitrogens is 3. The Morgan fingerprint density at radius 3 is 2.36 bits per heavy atom. The first-order valence-electron chi connectivity index (χ1n) is 14.2. The summed E-state index contributed by atoms with van der Waals surface area (Å²) in [6.07, 6.45) is -4.52. The number of rotatable bonds is 9. The van der Waals surface area contributed by atoms with Crippen molar-refractivity contribution >= 4 is 23.2 Å². The zero-order valence-electron chi connectivity index (χ0n) is 24.4. The lowest BCUT2D eigenvalue weighted by Crippen LogP contribution is -2.70. The van der Waals surface area contributed by atoms with E-state index in [0.29, 0.717) is 28.2 Å². The Labute approximate surface area is 258 Å². The van der Waals surface area contributed by atoms with Crippen LogP contribution in [0.3, 0.4) is 0 Å². The van der Waals surface area contributed by atoms with Crippen LogP contribution in [0.15, 0.2) is 34.7 Å². The average molecular weight is 646 g/mol. The van der Waals surface area contributed by atoms with E-state index in [1.54, 1.807) is 13.0 Å². The van der Waals surface area contributed by atoms with Gasteiger partial charge in [-0.2, -0.15) is 13.2 Å². The molecule has 3 heterocycles. The Morgan fingerprint density at radius 1 is 1.07 bits per heavy atom. The van der Waals surface area contributed by atoms with Crippen molar-refractivity contribution in [1.29, 1.82) is 0 Å². The summed E-state index contributed by atoms with van der Waals surface area (Å²) >= 11 is 1.02. The van der Waals surface area contributed by atoms with Gasteiger partial charge in [0.2, 0.25) is 11.8 Å². The number of halogens is 5. The van der Waals surface area contributed by atoms with Crippen molar-refractivity contribution in [2.24, 2.45) is 17.1 Å². The predicted octanol–water partition coefficient (Wildman–Crippen LogP) is 6.66. The van der Waals surface area contributed by atoms with Gasteiger partial charge in [0.05, 0.1) is 32.8 Å². The molecule has 0 atom stereocenters. The van der Waals surface area contributed by atoms with Crippen LogP contribution in [0.25, 0.3) is 21.9 Å². The molecule has 3 saturated carbocycles. The van der Waals surface area contributed by atoms with E-state index >= 15 is 0 Å². The van der Waals surface area contributed by atoms with Gasteiger partial charge >= 0.3 is 6.18 Å². The fourth-order valence-electron chi connectivity index (χ4n) is 6.52. The first kappa shape index (κ1) is 30.8. The largest absolute Gasteiger partial charge is 0.421 e. The molecule has 4 aromatic rings. The molecule has 2 bridgehead atoms. The Kier molecular flexibility index (Phi) is 7.33. The highest BCUT2D eigenvalue weighted by Crippen LogP contribution is 2.79. The summed E-state index contributed by atoms with van der Waals surface area (Å²) in [5.41, 5.74) is 4.83. The van der Waals surface area contributed by atoms with Crippen molar-refractivity contribution in [1.82, 2.24) is 20.5 Å². The SMILES string of the molecule is Cc1nnc(-c2c(C34CC(C(F)(F)F)(C3)C4)nc(CC(C)C)c(C(N)=O)c2-c2ccc(C(=O)NCc3ccc(F)c(F)c3)s2)o1. The smallest absolute Gasteiger partial charge is 0.394 e. The minimum Gasteiger partial charge on any atom is -0.421 e. The molecule has 45 heavy (non-hydrogen) atoms.